The molecule has 3 nitrogen and oxygen atoms in total. The van der Waals surface area contributed by atoms with Crippen LogP contribution in [0.1, 0.15) is 6.92 Å². The molecule has 1 N–H and O–H groups in total. The van der Waals surface area contributed by atoms with Crippen LogP contribution in [0, 0.1) is 5.92 Å². The third kappa shape index (κ3) is 1.81. The Labute approximate surface area is 87.7 Å². The lowest BCUT2D eigenvalue weighted by molar-refractivity contribution is -0.121. The Morgan fingerprint density at radius 2 is 2.50 bits per heavy atom. The van der Waals surface area contributed by atoms with Crippen molar-refractivity contribution in [2.75, 3.05) is 24.5 Å². The normalized spacial score (nSPS) is 23.6. The van der Waals surface area contributed by atoms with Gasteiger partial charge in [0.05, 0.1) is 5.00 Å². The summed E-state index contributed by atoms with van der Waals surface area (Å²) in [5.41, 5.74) is 0. The number of thiophene rings is 1. The van der Waals surface area contributed by atoms with E-state index in [0.717, 1.165) is 24.6 Å². The molecule has 0 spiro atoms. The molecular formula is C10H14N2OS. The van der Waals surface area contributed by atoms with Gasteiger partial charge in [0.1, 0.15) is 0 Å². The number of carbonyl (C=O) groups is 1. The van der Waals surface area contributed by atoms with Gasteiger partial charge in [-0.2, -0.15) is 0 Å². The van der Waals surface area contributed by atoms with E-state index in [1.54, 1.807) is 11.3 Å². The first-order chi connectivity index (χ1) is 6.79. The minimum absolute atomic E-state index is 0.0830. The third-order valence-electron chi connectivity index (χ3n) is 2.42. The molecule has 1 aromatic rings. The number of hydrogen-bond acceptors (Lipinski definition) is 3. The van der Waals surface area contributed by atoms with E-state index in [1.807, 2.05) is 29.3 Å². The monoisotopic (exact) mass is 210 g/mol. The molecule has 2 rings (SSSR count). The van der Waals surface area contributed by atoms with Crippen molar-refractivity contribution in [2.24, 2.45) is 5.92 Å². The standard InChI is InChI=1S/C10H14N2OS/c1-8-7-11-4-5-12(10(8)13)9-3-2-6-14-9/h2-3,6,8,11H,4-5,7H2,1H3. The summed E-state index contributed by atoms with van der Waals surface area (Å²) < 4.78 is 0. The number of amides is 1. The van der Waals surface area contributed by atoms with E-state index >= 15 is 0 Å². The maximum atomic E-state index is 11.9. The summed E-state index contributed by atoms with van der Waals surface area (Å²) in [6.45, 7) is 4.43. The molecule has 2 heterocycles. The molecule has 1 aromatic heterocycles. The van der Waals surface area contributed by atoms with E-state index in [4.69, 9.17) is 0 Å². The number of carbonyl (C=O) groups excluding carboxylic acids is 1. The average molecular weight is 210 g/mol. The minimum Gasteiger partial charge on any atom is -0.314 e. The quantitative estimate of drug-likeness (QED) is 0.758. The Morgan fingerprint density at radius 3 is 3.21 bits per heavy atom. The van der Waals surface area contributed by atoms with Crippen molar-refractivity contribution >= 4 is 22.2 Å². The summed E-state index contributed by atoms with van der Waals surface area (Å²) in [6.07, 6.45) is 0. The highest BCUT2D eigenvalue weighted by Gasteiger charge is 2.24. The largest absolute Gasteiger partial charge is 0.314 e. The molecule has 1 aliphatic rings. The van der Waals surface area contributed by atoms with Crippen LogP contribution in [0.3, 0.4) is 0 Å². The van der Waals surface area contributed by atoms with E-state index in [9.17, 15) is 4.79 Å². The van der Waals surface area contributed by atoms with Crippen LogP contribution in [-0.4, -0.2) is 25.5 Å². The van der Waals surface area contributed by atoms with Crippen LogP contribution in [0.5, 0.6) is 0 Å². The van der Waals surface area contributed by atoms with Gasteiger partial charge in [-0.15, -0.1) is 11.3 Å². The predicted octanol–water partition coefficient (Wildman–Crippen LogP) is 1.32. The molecule has 0 radical (unpaired) electrons. The molecule has 1 amide bonds. The molecule has 14 heavy (non-hydrogen) atoms. The fraction of sp³-hybridized carbons (Fsp3) is 0.500. The molecule has 1 unspecified atom stereocenters. The first kappa shape index (κ1) is 9.68. The van der Waals surface area contributed by atoms with Crippen LogP contribution in [-0.2, 0) is 4.79 Å². The number of anilines is 1. The van der Waals surface area contributed by atoms with Crippen molar-refractivity contribution in [3.05, 3.63) is 17.5 Å². The van der Waals surface area contributed by atoms with Crippen LogP contribution in [0.15, 0.2) is 17.5 Å². The molecule has 0 bridgehead atoms. The van der Waals surface area contributed by atoms with Gasteiger partial charge in [-0.05, 0) is 17.5 Å². The zero-order valence-corrected chi connectivity index (χ0v) is 9.01. The zero-order chi connectivity index (χ0) is 9.97. The topological polar surface area (TPSA) is 32.3 Å². The number of hydrogen-bond donors (Lipinski definition) is 1. The van der Waals surface area contributed by atoms with Crippen LogP contribution in [0.25, 0.3) is 0 Å². The Balaban J connectivity index is 2.20. The SMILES string of the molecule is CC1CNCCN(c2cccs2)C1=O. The predicted molar refractivity (Wildman–Crippen MR) is 58.7 cm³/mol. The van der Waals surface area contributed by atoms with Gasteiger partial charge in [-0.1, -0.05) is 6.92 Å². The molecule has 76 valence electrons. The van der Waals surface area contributed by atoms with Gasteiger partial charge in [-0.3, -0.25) is 4.79 Å². The Hall–Kier alpha value is -0.870. The fourth-order valence-electron chi connectivity index (χ4n) is 1.62. The van der Waals surface area contributed by atoms with E-state index in [-0.39, 0.29) is 11.8 Å². The van der Waals surface area contributed by atoms with Crippen molar-refractivity contribution in [3.63, 3.8) is 0 Å². The maximum Gasteiger partial charge on any atom is 0.231 e. The van der Waals surface area contributed by atoms with Crippen molar-refractivity contribution < 1.29 is 4.79 Å². The van der Waals surface area contributed by atoms with Gasteiger partial charge < -0.3 is 10.2 Å². The highest BCUT2D eigenvalue weighted by molar-refractivity contribution is 7.14. The lowest BCUT2D eigenvalue weighted by atomic mass is 10.1. The number of rotatable bonds is 1. The van der Waals surface area contributed by atoms with E-state index < -0.39 is 0 Å². The van der Waals surface area contributed by atoms with Gasteiger partial charge >= 0.3 is 0 Å². The third-order valence-corrected chi connectivity index (χ3v) is 3.31. The van der Waals surface area contributed by atoms with Gasteiger partial charge in [0, 0.05) is 25.6 Å². The Bertz CT molecular complexity index is 310. The summed E-state index contributed by atoms with van der Waals surface area (Å²) >= 11 is 1.62. The summed E-state index contributed by atoms with van der Waals surface area (Å²) in [7, 11) is 0. The first-order valence-corrected chi connectivity index (χ1v) is 5.72. The van der Waals surface area contributed by atoms with Crippen LogP contribution in [0.2, 0.25) is 0 Å². The molecule has 1 fully saturated rings. The Kier molecular flexibility index (Phi) is 2.84. The second-order valence-corrected chi connectivity index (χ2v) is 4.47. The van der Waals surface area contributed by atoms with Gasteiger partial charge in [0.15, 0.2) is 0 Å². The van der Waals surface area contributed by atoms with Crippen LogP contribution < -0.4 is 10.2 Å². The summed E-state index contributed by atoms with van der Waals surface area (Å²) in [4.78, 5) is 13.8. The van der Waals surface area contributed by atoms with E-state index in [1.165, 1.54) is 0 Å². The van der Waals surface area contributed by atoms with Gasteiger partial charge in [0.2, 0.25) is 5.91 Å². The van der Waals surface area contributed by atoms with Gasteiger partial charge in [0.25, 0.3) is 0 Å². The van der Waals surface area contributed by atoms with Gasteiger partial charge in [-0.25, -0.2) is 0 Å². The molecule has 0 saturated carbocycles. The second kappa shape index (κ2) is 4.11. The molecular weight excluding hydrogens is 196 g/mol. The molecule has 1 atom stereocenters. The number of nitrogens with zero attached hydrogens (tertiary/aromatic N) is 1. The Morgan fingerprint density at radius 1 is 1.64 bits per heavy atom. The fourth-order valence-corrected chi connectivity index (χ4v) is 2.38. The first-order valence-electron chi connectivity index (χ1n) is 4.84. The van der Waals surface area contributed by atoms with E-state index in [2.05, 4.69) is 5.32 Å². The molecule has 0 aromatic carbocycles. The van der Waals surface area contributed by atoms with Crippen LogP contribution in [0.4, 0.5) is 5.00 Å². The molecule has 1 aliphatic heterocycles. The zero-order valence-electron chi connectivity index (χ0n) is 8.19. The summed E-state index contributed by atoms with van der Waals surface area (Å²) in [6, 6.07) is 3.98. The lowest BCUT2D eigenvalue weighted by Crippen LogP contribution is -2.34. The number of nitrogens with one attached hydrogen (secondary N) is 1. The van der Waals surface area contributed by atoms with Crippen molar-refractivity contribution in [1.29, 1.82) is 0 Å². The molecule has 0 aliphatic carbocycles. The summed E-state index contributed by atoms with van der Waals surface area (Å²) in [5, 5.41) is 6.33. The van der Waals surface area contributed by atoms with Crippen molar-refractivity contribution in [3.8, 4) is 0 Å². The second-order valence-electron chi connectivity index (χ2n) is 3.55. The summed E-state index contributed by atoms with van der Waals surface area (Å²) in [5.74, 6) is 0.317. The highest BCUT2D eigenvalue weighted by atomic mass is 32.1. The molecule has 1 saturated heterocycles. The van der Waals surface area contributed by atoms with Crippen molar-refractivity contribution in [1.82, 2.24) is 5.32 Å². The maximum absolute atomic E-state index is 11.9. The lowest BCUT2D eigenvalue weighted by Gasteiger charge is -2.20. The van der Waals surface area contributed by atoms with E-state index in [0.29, 0.717) is 0 Å². The van der Waals surface area contributed by atoms with Crippen LogP contribution >= 0.6 is 11.3 Å². The van der Waals surface area contributed by atoms with Crippen molar-refractivity contribution in [2.45, 2.75) is 6.92 Å². The smallest absolute Gasteiger partial charge is 0.231 e. The minimum atomic E-state index is 0.0830. The highest BCUT2D eigenvalue weighted by Crippen LogP contribution is 2.23. The molecule has 4 heteroatoms. The average Bonchev–Trinajstić information content (AvgIpc) is 2.64.